The van der Waals surface area contributed by atoms with Gasteiger partial charge in [0.15, 0.2) is 5.82 Å². The zero-order valence-electron chi connectivity index (χ0n) is 19.2. The Bertz CT molecular complexity index is 1000. The molecule has 0 bridgehead atoms. The highest BCUT2D eigenvalue weighted by Crippen LogP contribution is 2.39. The first-order valence-corrected chi connectivity index (χ1v) is 10.9. The molecule has 2 amide bonds. The molecule has 1 saturated carbocycles. The summed E-state index contributed by atoms with van der Waals surface area (Å²) in [6, 6.07) is 3.41. The molecule has 2 aliphatic rings. The monoisotopic (exact) mass is 445 g/mol. The molecule has 2 fully saturated rings. The molecule has 10 heteroatoms. The van der Waals surface area contributed by atoms with Gasteiger partial charge in [0.05, 0.1) is 36.0 Å². The van der Waals surface area contributed by atoms with Gasteiger partial charge >= 0.3 is 6.09 Å². The Morgan fingerprint density at radius 1 is 1.31 bits per heavy atom. The lowest BCUT2D eigenvalue weighted by molar-refractivity contribution is -0.115. The van der Waals surface area contributed by atoms with Crippen LogP contribution in [0.25, 0.3) is 0 Å². The largest absolute Gasteiger partial charge is 0.443 e. The van der Waals surface area contributed by atoms with E-state index in [4.69, 9.17) is 14.0 Å². The number of hydrogen-bond donors (Lipinski definition) is 2. The second-order valence-electron chi connectivity index (χ2n) is 9.93. The summed E-state index contributed by atoms with van der Waals surface area (Å²) in [6.45, 7) is 10.2. The number of hydrogen-bond acceptors (Lipinski definition) is 7. The van der Waals surface area contributed by atoms with Crippen LogP contribution in [-0.2, 0) is 26.2 Å². The third-order valence-corrected chi connectivity index (χ3v) is 5.59. The van der Waals surface area contributed by atoms with Crippen molar-refractivity contribution >= 4 is 17.8 Å². The molecule has 174 valence electrons. The Kier molecular flexibility index (Phi) is 5.74. The fourth-order valence-electron chi connectivity index (χ4n) is 3.70. The van der Waals surface area contributed by atoms with Crippen LogP contribution in [0.15, 0.2) is 16.7 Å². The first-order valence-electron chi connectivity index (χ1n) is 10.9. The summed E-state index contributed by atoms with van der Waals surface area (Å²) in [5, 5.41) is 14.1. The van der Waals surface area contributed by atoms with Crippen molar-refractivity contribution < 1.29 is 23.6 Å². The summed E-state index contributed by atoms with van der Waals surface area (Å²) in [5.74, 6) is 0.696. The van der Waals surface area contributed by atoms with Gasteiger partial charge in [-0.2, -0.15) is 5.10 Å². The normalized spacial score (nSPS) is 21.9. The maximum atomic E-state index is 12.4. The highest BCUT2D eigenvalue weighted by atomic mass is 16.6. The molecule has 32 heavy (non-hydrogen) atoms. The van der Waals surface area contributed by atoms with Gasteiger partial charge in [-0.05, 0) is 47.5 Å². The number of anilines is 1. The summed E-state index contributed by atoms with van der Waals surface area (Å²) in [5.41, 5.74) is 0.930. The maximum absolute atomic E-state index is 12.4. The molecule has 1 aliphatic heterocycles. The smallest absolute Gasteiger partial charge is 0.407 e. The summed E-state index contributed by atoms with van der Waals surface area (Å²) < 4.78 is 18.4. The standard InChI is InChI=1S/C22H31N5O5/c1-13-8-15(32-26-13)10-19(28)24-18-11-16(27(25-18)21(2,3)4)17-9-14(12-30-17)23-20(29)31-22(5)6-7-22/h8,11,14,17H,6-7,9-10,12H2,1-5H3,(H,23,29)(H,24,25,28). The molecule has 0 aromatic carbocycles. The van der Waals surface area contributed by atoms with Crippen molar-refractivity contribution in [3.05, 3.63) is 29.3 Å². The molecule has 2 unspecified atom stereocenters. The molecule has 2 N–H and O–H groups in total. The molecule has 1 aliphatic carbocycles. The Balaban J connectivity index is 1.41. The van der Waals surface area contributed by atoms with Gasteiger partial charge in [0.25, 0.3) is 0 Å². The minimum absolute atomic E-state index is 0.0749. The molecule has 2 aromatic heterocycles. The predicted molar refractivity (Wildman–Crippen MR) is 115 cm³/mol. The number of ether oxygens (including phenoxy) is 2. The van der Waals surface area contributed by atoms with Crippen LogP contribution in [0.5, 0.6) is 0 Å². The lowest BCUT2D eigenvalue weighted by Crippen LogP contribution is -2.37. The van der Waals surface area contributed by atoms with Gasteiger partial charge in [0, 0.05) is 18.6 Å². The SMILES string of the molecule is Cc1cc(CC(=O)Nc2cc(C3CC(NC(=O)OC4(C)CC4)CO3)n(C(C)(C)C)n2)on1. The first kappa shape index (κ1) is 22.3. The van der Waals surface area contributed by atoms with Gasteiger partial charge in [0.1, 0.15) is 17.5 Å². The van der Waals surface area contributed by atoms with E-state index in [0.717, 1.165) is 24.2 Å². The van der Waals surface area contributed by atoms with E-state index in [1.165, 1.54) is 0 Å². The third-order valence-electron chi connectivity index (χ3n) is 5.59. The van der Waals surface area contributed by atoms with Crippen molar-refractivity contribution in [1.82, 2.24) is 20.3 Å². The lowest BCUT2D eigenvalue weighted by Gasteiger charge is -2.24. The number of nitrogens with zero attached hydrogens (tertiary/aromatic N) is 3. The predicted octanol–water partition coefficient (Wildman–Crippen LogP) is 3.22. The van der Waals surface area contributed by atoms with Gasteiger partial charge < -0.3 is 24.6 Å². The average Bonchev–Trinajstić information content (AvgIpc) is 3.08. The van der Waals surface area contributed by atoms with Gasteiger partial charge in [-0.25, -0.2) is 4.79 Å². The van der Waals surface area contributed by atoms with E-state index in [9.17, 15) is 9.59 Å². The number of carbonyl (C=O) groups excluding carboxylic acids is 2. The van der Waals surface area contributed by atoms with Crippen molar-refractivity contribution in [1.29, 1.82) is 0 Å². The van der Waals surface area contributed by atoms with Crippen molar-refractivity contribution in [2.75, 3.05) is 11.9 Å². The fraction of sp³-hybridized carbons (Fsp3) is 0.636. The average molecular weight is 446 g/mol. The number of alkyl carbamates (subject to hydrolysis) is 1. The van der Waals surface area contributed by atoms with E-state index < -0.39 is 6.09 Å². The summed E-state index contributed by atoms with van der Waals surface area (Å²) in [6.07, 6.45) is 1.81. The number of carbonyl (C=O) groups is 2. The molecule has 10 nitrogen and oxygen atoms in total. The molecule has 2 aromatic rings. The molecular formula is C22H31N5O5. The Hall–Kier alpha value is -2.88. The van der Waals surface area contributed by atoms with Crippen molar-refractivity contribution in [2.45, 2.75) is 83.6 Å². The Morgan fingerprint density at radius 2 is 2.06 bits per heavy atom. The minimum atomic E-state index is -0.404. The molecule has 3 heterocycles. The number of nitrogens with one attached hydrogen (secondary N) is 2. The van der Waals surface area contributed by atoms with Crippen LogP contribution in [0.1, 0.15) is 70.2 Å². The third kappa shape index (κ3) is 5.29. The van der Waals surface area contributed by atoms with Gasteiger partial charge in [-0.1, -0.05) is 5.16 Å². The number of aromatic nitrogens is 3. The Labute approximate surface area is 187 Å². The topological polar surface area (TPSA) is 121 Å². The zero-order valence-corrected chi connectivity index (χ0v) is 19.2. The second kappa shape index (κ2) is 8.23. The lowest BCUT2D eigenvalue weighted by atomic mass is 10.1. The van der Waals surface area contributed by atoms with Gasteiger partial charge in [-0.3, -0.25) is 9.48 Å². The number of rotatable bonds is 6. The number of amides is 2. The summed E-state index contributed by atoms with van der Waals surface area (Å²) in [7, 11) is 0. The molecule has 1 saturated heterocycles. The molecule has 4 rings (SSSR count). The zero-order chi connectivity index (χ0) is 23.1. The van der Waals surface area contributed by atoms with E-state index in [1.54, 1.807) is 13.0 Å². The van der Waals surface area contributed by atoms with Crippen LogP contribution < -0.4 is 10.6 Å². The summed E-state index contributed by atoms with van der Waals surface area (Å²) >= 11 is 0. The molecule has 0 spiro atoms. The molecular weight excluding hydrogens is 414 g/mol. The van der Waals surface area contributed by atoms with Crippen molar-refractivity contribution in [3.63, 3.8) is 0 Å². The molecule has 0 radical (unpaired) electrons. The Morgan fingerprint density at radius 3 is 2.69 bits per heavy atom. The first-order chi connectivity index (χ1) is 15.0. The van der Waals surface area contributed by atoms with Crippen LogP contribution in [0.2, 0.25) is 0 Å². The summed E-state index contributed by atoms with van der Waals surface area (Å²) in [4.78, 5) is 24.6. The van der Waals surface area contributed by atoms with Crippen molar-refractivity contribution in [2.24, 2.45) is 0 Å². The van der Waals surface area contributed by atoms with Crippen LogP contribution in [-0.4, -0.2) is 45.2 Å². The van der Waals surface area contributed by atoms with Crippen LogP contribution in [0.4, 0.5) is 10.6 Å². The minimum Gasteiger partial charge on any atom is -0.443 e. The van der Waals surface area contributed by atoms with E-state index in [2.05, 4.69) is 20.9 Å². The quantitative estimate of drug-likeness (QED) is 0.700. The maximum Gasteiger partial charge on any atom is 0.407 e. The van der Waals surface area contributed by atoms with Crippen LogP contribution >= 0.6 is 0 Å². The van der Waals surface area contributed by atoms with E-state index in [1.807, 2.05) is 38.4 Å². The number of aryl methyl sites for hydroxylation is 1. The van der Waals surface area contributed by atoms with E-state index in [-0.39, 0.29) is 35.6 Å². The highest BCUT2D eigenvalue weighted by molar-refractivity contribution is 5.91. The van der Waals surface area contributed by atoms with Crippen LogP contribution in [0, 0.1) is 6.92 Å². The van der Waals surface area contributed by atoms with Gasteiger partial charge in [-0.15, -0.1) is 0 Å². The van der Waals surface area contributed by atoms with Crippen LogP contribution in [0.3, 0.4) is 0 Å². The second-order valence-corrected chi connectivity index (χ2v) is 9.93. The van der Waals surface area contributed by atoms with E-state index >= 15 is 0 Å². The molecule has 2 atom stereocenters. The van der Waals surface area contributed by atoms with Crippen molar-refractivity contribution in [3.8, 4) is 0 Å². The highest BCUT2D eigenvalue weighted by Gasteiger charge is 2.42. The van der Waals surface area contributed by atoms with Gasteiger partial charge in [0.2, 0.25) is 5.91 Å². The fourth-order valence-corrected chi connectivity index (χ4v) is 3.70. The van der Waals surface area contributed by atoms with E-state index in [0.29, 0.717) is 24.6 Å².